The molecule has 2 nitrogen and oxygen atoms in total. The number of nitrogens with one attached hydrogen (secondary N) is 1. The summed E-state index contributed by atoms with van der Waals surface area (Å²) < 4.78 is 33.5. The molecule has 1 atom stereocenters. The van der Waals surface area contributed by atoms with E-state index in [-0.39, 0.29) is 6.42 Å². The monoisotopic (exact) mass is 241 g/mol. The SMILES string of the molecule is COc1ccccc1C1(C)NCCCC1(F)F. The fraction of sp³-hybridized carbons (Fsp3) is 0.538. The lowest BCUT2D eigenvalue weighted by molar-refractivity contribution is -0.110. The van der Waals surface area contributed by atoms with Crippen LogP contribution in [0.25, 0.3) is 0 Å². The molecular formula is C13H17F2NO. The number of hydrogen-bond acceptors (Lipinski definition) is 2. The summed E-state index contributed by atoms with van der Waals surface area (Å²) in [6.07, 6.45) is 0.409. The molecule has 0 saturated carbocycles. The van der Waals surface area contributed by atoms with Gasteiger partial charge in [-0.15, -0.1) is 0 Å². The fourth-order valence-electron chi connectivity index (χ4n) is 2.38. The smallest absolute Gasteiger partial charge is 0.269 e. The lowest BCUT2D eigenvalue weighted by Gasteiger charge is -2.42. The van der Waals surface area contributed by atoms with E-state index in [2.05, 4.69) is 5.32 Å². The number of para-hydroxylation sites is 1. The van der Waals surface area contributed by atoms with Gasteiger partial charge in [-0.05, 0) is 26.0 Å². The minimum absolute atomic E-state index is 0.0887. The quantitative estimate of drug-likeness (QED) is 0.859. The third-order valence-electron chi connectivity index (χ3n) is 3.52. The van der Waals surface area contributed by atoms with E-state index in [9.17, 15) is 8.78 Å². The first-order valence-corrected chi connectivity index (χ1v) is 5.77. The number of piperidine rings is 1. The maximum Gasteiger partial charge on any atom is 0.269 e. The van der Waals surface area contributed by atoms with Crippen LogP contribution in [0.5, 0.6) is 5.75 Å². The molecule has 0 bridgehead atoms. The molecule has 2 rings (SSSR count). The van der Waals surface area contributed by atoms with Crippen LogP contribution >= 0.6 is 0 Å². The van der Waals surface area contributed by atoms with Gasteiger partial charge in [0.25, 0.3) is 5.92 Å². The third-order valence-corrected chi connectivity index (χ3v) is 3.52. The Balaban J connectivity index is 2.49. The van der Waals surface area contributed by atoms with Crippen molar-refractivity contribution < 1.29 is 13.5 Å². The summed E-state index contributed by atoms with van der Waals surface area (Å²) in [6.45, 7) is 2.15. The zero-order valence-corrected chi connectivity index (χ0v) is 10.1. The van der Waals surface area contributed by atoms with E-state index in [1.54, 1.807) is 31.2 Å². The molecule has 1 aromatic carbocycles. The second-order valence-electron chi connectivity index (χ2n) is 4.56. The highest BCUT2D eigenvalue weighted by molar-refractivity contribution is 5.40. The zero-order chi connectivity index (χ0) is 12.5. The van der Waals surface area contributed by atoms with Crippen molar-refractivity contribution in [2.45, 2.75) is 31.2 Å². The first-order valence-electron chi connectivity index (χ1n) is 5.77. The summed E-state index contributed by atoms with van der Waals surface area (Å²) in [4.78, 5) is 0. The van der Waals surface area contributed by atoms with Crippen LogP contribution in [0.4, 0.5) is 8.78 Å². The first kappa shape index (κ1) is 12.3. The molecule has 0 spiro atoms. The maximum atomic E-state index is 14.1. The van der Waals surface area contributed by atoms with Gasteiger partial charge >= 0.3 is 0 Å². The van der Waals surface area contributed by atoms with Gasteiger partial charge in [0.1, 0.15) is 11.3 Å². The van der Waals surface area contributed by atoms with Crippen molar-refractivity contribution in [3.05, 3.63) is 29.8 Å². The summed E-state index contributed by atoms with van der Waals surface area (Å²) in [5, 5.41) is 2.95. The minimum Gasteiger partial charge on any atom is -0.496 e. The molecule has 1 unspecified atom stereocenters. The van der Waals surface area contributed by atoms with Gasteiger partial charge in [0.05, 0.1) is 7.11 Å². The average molecular weight is 241 g/mol. The molecule has 0 amide bonds. The number of methoxy groups -OCH3 is 1. The molecule has 0 aliphatic carbocycles. The van der Waals surface area contributed by atoms with Gasteiger partial charge in [-0.2, -0.15) is 0 Å². The number of rotatable bonds is 2. The summed E-state index contributed by atoms with van der Waals surface area (Å²) in [6, 6.07) is 6.96. The van der Waals surface area contributed by atoms with Crippen LogP contribution in [-0.2, 0) is 5.54 Å². The predicted molar refractivity (Wildman–Crippen MR) is 62.5 cm³/mol. The van der Waals surface area contributed by atoms with E-state index >= 15 is 0 Å². The van der Waals surface area contributed by atoms with Crippen molar-refractivity contribution in [2.75, 3.05) is 13.7 Å². The second kappa shape index (κ2) is 4.26. The Kier molecular flexibility index (Phi) is 3.08. The lowest BCUT2D eigenvalue weighted by atomic mass is 9.80. The first-order chi connectivity index (χ1) is 8.01. The normalized spacial score (nSPS) is 27.8. The topological polar surface area (TPSA) is 21.3 Å². The van der Waals surface area contributed by atoms with Crippen LogP contribution in [0.2, 0.25) is 0 Å². The Morgan fingerprint density at radius 2 is 2.00 bits per heavy atom. The highest BCUT2D eigenvalue weighted by Crippen LogP contribution is 2.45. The van der Waals surface area contributed by atoms with Crippen LogP contribution in [0, 0.1) is 0 Å². The average Bonchev–Trinajstić information content (AvgIpc) is 2.33. The molecule has 0 radical (unpaired) electrons. The van der Waals surface area contributed by atoms with Crippen molar-refractivity contribution in [1.29, 1.82) is 0 Å². The summed E-state index contributed by atoms with van der Waals surface area (Å²) >= 11 is 0. The number of alkyl halides is 2. The summed E-state index contributed by atoms with van der Waals surface area (Å²) in [7, 11) is 1.50. The van der Waals surface area contributed by atoms with Crippen LogP contribution in [-0.4, -0.2) is 19.6 Å². The Morgan fingerprint density at radius 3 is 2.65 bits per heavy atom. The molecule has 0 aromatic heterocycles. The summed E-state index contributed by atoms with van der Waals surface area (Å²) in [5.41, 5.74) is -0.829. The van der Waals surface area contributed by atoms with Gasteiger partial charge in [0.2, 0.25) is 0 Å². The number of ether oxygens (including phenoxy) is 1. The molecule has 4 heteroatoms. The van der Waals surface area contributed by atoms with Gasteiger partial charge < -0.3 is 10.1 Å². The van der Waals surface area contributed by atoms with Gasteiger partial charge in [-0.1, -0.05) is 18.2 Å². The van der Waals surface area contributed by atoms with Gasteiger partial charge in [0.15, 0.2) is 0 Å². The molecule has 17 heavy (non-hydrogen) atoms. The molecule has 1 N–H and O–H groups in total. The van der Waals surface area contributed by atoms with Crippen LogP contribution in [0.1, 0.15) is 25.3 Å². The van der Waals surface area contributed by atoms with Crippen LogP contribution in [0.3, 0.4) is 0 Å². The van der Waals surface area contributed by atoms with E-state index in [0.29, 0.717) is 24.3 Å². The standard InChI is InChI=1S/C13H17F2NO/c1-12(13(14,15)8-5-9-16-12)10-6-3-4-7-11(10)17-2/h3-4,6-7,16H,5,8-9H2,1-2H3. The minimum atomic E-state index is -2.76. The lowest BCUT2D eigenvalue weighted by Crippen LogP contribution is -2.57. The number of benzene rings is 1. The molecule has 1 heterocycles. The van der Waals surface area contributed by atoms with E-state index < -0.39 is 11.5 Å². The third kappa shape index (κ3) is 1.90. The highest BCUT2D eigenvalue weighted by atomic mass is 19.3. The molecule has 1 aromatic rings. The molecule has 1 saturated heterocycles. The van der Waals surface area contributed by atoms with E-state index in [1.807, 2.05) is 0 Å². The Bertz CT molecular complexity index is 408. The van der Waals surface area contributed by atoms with Crippen LogP contribution in [0.15, 0.2) is 24.3 Å². The van der Waals surface area contributed by atoms with E-state index in [1.165, 1.54) is 7.11 Å². The Hall–Kier alpha value is -1.16. The van der Waals surface area contributed by atoms with Crippen molar-refractivity contribution in [3.8, 4) is 5.75 Å². The maximum absolute atomic E-state index is 14.1. The van der Waals surface area contributed by atoms with Crippen molar-refractivity contribution >= 4 is 0 Å². The van der Waals surface area contributed by atoms with Crippen molar-refractivity contribution in [2.24, 2.45) is 0 Å². The molecule has 1 fully saturated rings. The summed E-state index contributed by atoms with van der Waals surface area (Å²) in [5.74, 6) is -2.26. The number of hydrogen-bond donors (Lipinski definition) is 1. The molecule has 1 aliphatic rings. The van der Waals surface area contributed by atoms with Gasteiger partial charge in [0, 0.05) is 12.0 Å². The Labute approximate surface area is 100.0 Å². The number of halogens is 2. The molecule has 94 valence electrons. The molecule has 1 aliphatic heterocycles. The zero-order valence-electron chi connectivity index (χ0n) is 10.1. The largest absolute Gasteiger partial charge is 0.496 e. The van der Waals surface area contributed by atoms with E-state index in [0.717, 1.165) is 0 Å². The van der Waals surface area contributed by atoms with Crippen molar-refractivity contribution in [3.63, 3.8) is 0 Å². The molecular weight excluding hydrogens is 224 g/mol. The fourth-order valence-corrected chi connectivity index (χ4v) is 2.38. The van der Waals surface area contributed by atoms with Crippen LogP contribution < -0.4 is 10.1 Å². The highest BCUT2D eigenvalue weighted by Gasteiger charge is 2.53. The van der Waals surface area contributed by atoms with E-state index in [4.69, 9.17) is 4.74 Å². The van der Waals surface area contributed by atoms with Gasteiger partial charge in [-0.25, -0.2) is 8.78 Å². The second-order valence-corrected chi connectivity index (χ2v) is 4.56. The van der Waals surface area contributed by atoms with Crippen molar-refractivity contribution in [1.82, 2.24) is 5.32 Å². The Morgan fingerprint density at radius 1 is 1.29 bits per heavy atom. The predicted octanol–water partition coefficient (Wildman–Crippen LogP) is 2.93. The van der Waals surface area contributed by atoms with Gasteiger partial charge in [-0.3, -0.25) is 0 Å².